The number of nitrogens with zero attached hydrogens (tertiary/aromatic N) is 2. The molecule has 0 unspecified atom stereocenters. The first-order chi connectivity index (χ1) is 16.8. The lowest BCUT2D eigenvalue weighted by atomic mass is 9.96. The fourth-order valence-electron chi connectivity index (χ4n) is 3.88. The van der Waals surface area contributed by atoms with Gasteiger partial charge in [-0.15, -0.1) is 0 Å². The van der Waals surface area contributed by atoms with Crippen LogP contribution >= 0.6 is 11.3 Å². The first-order valence-electron chi connectivity index (χ1n) is 10.9. The maximum absolute atomic E-state index is 13.6. The number of benzene rings is 2. The molecule has 0 spiro atoms. The molecule has 0 bridgehead atoms. The third kappa shape index (κ3) is 4.95. The SMILES string of the molecule is CCOC(=O)C1=C(C)N=c2s/c(=C/c3cccc(OC(C)=O)c3)c(=O)n2[C@H]1c1ccc(OC)cc1. The van der Waals surface area contributed by atoms with Crippen LogP contribution in [0.3, 0.4) is 0 Å². The van der Waals surface area contributed by atoms with Gasteiger partial charge in [0.2, 0.25) is 0 Å². The van der Waals surface area contributed by atoms with Crippen molar-refractivity contribution in [1.29, 1.82) is 0 Å². The number of rotatable bonds is 6. The quantitative estimate of drug-likeness (QED) is 0.388. The minimum Gasteiger partial charge on any atom is -0.497 e. The summed E-state index contributed by atoms with van der Waals surface area (Å²) < 4.78 is 17.7. The second-order valence-corrected chi connectivity index (χ2v) is 8.75. The van der Waals surface area contributed by atoms with Gasteiger partial charge in [0, 0.05) is 6.92 Å². The number of fused-ring (bicyclic) bond motifs is 1. The number of allylic oxidation sites excluding steroid dienone is 1. The number of ether oxygens (including phenoxy) is 3. The molecule has 2 aromatic carbocycles. The van der Waals surface area contributed by atoms with E-state index in [-0.39, 0.29) is 12.2 Å². The van der Waals surface area contributed by atoms with Gasteiger partial charge < -0.3 is 14.2 Å². The van der Waals surface area contributed by atoms with E-state index >= 15 is 0 Å². The number of methoxy groups -OCH3 is 1. The van der Waals surface area contributed by atoms with Gasteiger partial charge >= 0.3 is 11.9 Å². The highest BCUT2D eigenvalue weighted by Gasteiger charge is 2.33. The number of hydrogen-bond donors (Lipinski definition) is 0. The third-order valence-corrected chi connectivity index (χ3v) is 6.35. The molecular formula is C26H24N2O6S. The molecule has 180 valence electrons. The first kappa shape index (κ1) is 24.2. The van der Waals surface area contributed by atoms with Gasteiger partial charge in [-0.2, -0.15) is 0 Å². The van der Waals surface area contributed by atoms with Crippen LogP contribution in [0.25, 0.3) is 6.08 Å². The minimum absolute atomic E-state index is 0.202. The normalized spacial score (nSPS) is 15.3. The van der Waals surface area contributed by atoms with Crippen molar-refractivity contribution in [2.75, 3.05) is 13.7 Å². The molecule has 1 atom stereocenters. The van der Waals surface area contributed by atoms with Crippen LogP contribution in [0.15, 0.2) is 69.6 Å². The van der Waals surface area contributed by atoms with Gasteiger partial charge in [-0.1, -0.05) is 35.6 Å². The summed E-state index contributed by atoms with van der Waals surface area (Å²) in [5.74, 6) is 0.101. The average Bonchev–Trinajstić information content (AvgIpc) is 3.12. The van der Waals surface area contributed by atoms with E-state index in [1.54, 1.807) is 63.4 Å². The average molecular weight is 493 g/mol. The fourth-order valence-corrected chi connectivity index (χ4v) is 4.92. The van der Waals surface area contributed by atoms with Crippen molar-refractivity contribution in [2.45, 2.75) is 26.8 Å². The Kier molecular flexibility index (Phi) is 6.97. The van der Waals surface area contributed by atoms with Gasteiger partial charge in [0.1, 0.15) is 11.5 Å². The minimum atomic E-state index is -0.703. The van der Waals surface area contributed by atoms with Crippen LogP contribution in [0.1, 0.15) is 37.9 Å². The second kappa shape index (κ2) is 10.1. The van der Waals surface area contributed by atoms with Crippen molar-refractivity contribution in [3.63, 3.8) is 0 Å². The van der Waals surface area contributed by atoms with E-state index in [1.165, 1.54) is 22.8 Å². The molecular weight excluding hydrogens is 468 g/mol. The van der Waals surface area contributed by atoms with Crippen LogP contribution in [-0.2, 0) is 14.3 Å². The molecule has 1 aromatic heterocycles. The maximum Gasteiger partial charge on any atom is 0.338 e. The van der Waals surface area contributed by atoms with Crippen molar-refractivity contribution >= 4 is 29.4 Å². The Labute approximate surface area is 205 Å². The zero-order valence-corrected chi connectivity index (χ0v) is 20.5. The summed E-state index contributed by atoms with van der Waals surface area (Å²) in [6, 6.07) is 13.4. The van der Waals surface area contributed by atoms with Crippen LogP contribution < -0.4 is 24.4 Å². The number of hydrogen-bond acceptors (Lipinski definition) is 8. The smallest absolute Gasteiger partial charge is 0.338 e. The number of esters is 2. The van der Waals surface area contributed by atoms with Crippen molar-refractivity contribution < 1.29 is 23.8 Å². The van der Waals surface area contributed by atoms with Crippen molar-refractivity contribution in [3.05, 3.63) is 90.6 Å². The molecule has 0 fully saturated rings. The molecule has 0 saturated heterocycles. The largest absolute Gasteiger partial charge is 0.497 e. The molecule has 0 saturated carbocycles. The Hall–Kier alpha value is -3.98. The molecule has 0 N–H and O–H groups in total. The van der Waals surface area contributed by atoms with E-state index < -0.39 is 18.0 Å². The molecule has 2 heterocycles. The van der Waals surface area contributed by atoms with Crippen LogP contribution in [0.4, 0.5) is 0 Å². The summed E-state index contributed by atoms with van der Waals surface area (Å²) in [4.78, 5) is 42.9. The summed E-state index contributed by atoms with van der Waals surface area (Å²) in [6.45, 7) is 5.00. The fraction of sp³-hybridized carbons (Fsp3) is 0.231. The highest BCUT2D eigenvalue weighted by atomic mass is 32.1. The molecule has 35 heavy (non-hydrogen) atoms. The first-order valence-corrected chi connectivity index (χ1v) is 11.8. The Balaban J connectivity index is 1.89. The van der Waals surface area contributed by atoms with E-state index in [2.05, 4.69) is 4.99 Å². The predicted octanol–water partition coefficient (Wildman–Crippen LogP) is 2.73. The van der Waals surface area contributed by atoms with Crippen molar-refractivity contribution in [3.8, 4) is 11.5 Å². The van der Waals surface area contributed by atoms with E-state index in [1.807, 2.05) is 12.1 Å². The van der Waals surface area contributed by atoms with Crippen molar-refractivity contribution in [1.82, 2.24) is 4.57 Å². The van der Waals surface area contributed by atoms with Crippen LogP contribution in [0.5, 0.6) is 11.5 Å². The van der Waals surface area contributed by atoms with Crippen LogP contribution in [-0.4, -0.2) is 30.2 Å². The predicted molar refractivity (Wildman–Crippen MR) is 131 cm³/mol. The monoisotopic (exact) mass is 492 g/mol. The highest BCUT2D eigenvalue weighted by Crippen LogP contribution is 2.31. The number of aromatic nitrogens is 1. The zero-order chi connectivity index (χ0) is 25.1. The van der Waals surface area contributed by atoms with E-state index in [0.717, 1.165) is 5.56 Å². The van der Waals surface area contributed by atoms with E-state index in [4.69, 9.17) is 14.2 Å². The summed E-state index contributed by atoms with van der Waals surface area (Å²) in [6.07, 6.45) is 1.71. The Morgan fingerprint density at radius 3 is 2.54 bits per heavy atom. The van der Waals surface area contributed by atoms with Gasteiger partial charge in [0.25, 0.3) is 5.56 Å². The Bertz CT molecular complexity index is 1500. The molecule has 0 amide bonds. The molecule has 8 nitrogen and oxygen atoms in total. The van der Waals surface area contributed by atoms with E-state index in [0.29, 0.717) is 37.7 Å². The number of thiazole rings is 1. The molecule has 3 aromatic rings. The summed E-state index contributed by atoms with van der Waals surface area (Å²) in [5.41, 5.74) is 1.94. The van der Waals surface area contributed by atoms with Crippen LogP contribution in [0, 0.1) is 0 Å². The standard InChI is InChI=1S/C26H24N2O6S/c1-5-33-25(31)22-15(2)27-26-28(23(22)18-9-11-19(32-4)12-10-18)24(30)21(35-26)14-17-7-6-8-20(13-17)34-16(3)29/h6-14,23H,5H2,1-4H3/b21-14+/t23-/m0/s1. The lowest BCUT2D eigenvalue weighted by molar-refractivity contribution is -0.139. The summed E-state index contributed by atoms with van der Waals surface area (Å²) in [7, 11) is 1.57. The number of carbonyl (C=O) groups excluding carboxylic acids is 2. The third-order valence-electron chi connectivity index (χ3n) is 5.37. The topological polar surface area (TPSA) is 96.2 Å². The lowest BCUT2D eigenvalue weighted by Crippen LogP contribution is -2.39. The van der Waals surface area contributed by atoms with Crippen LogP contribution in [0.2, 0.25) is 0 Å². The van der Waals surface area contributed by atoms with Gasteiger partial charge in [-0.3, -0.25) is 14.2 Å². The summed E-state index contributed by atoms with van der Waals surface area (Å²) >= 11 is 1.22. The molecule has 0 radical (unpaired) electrons. The molecule has 9 heteroatoms. The molecule has 1 aliphatic heterocycles. The van der Waals surface area contributed by atoms with Gasteiger partial charge in [-0.05, 0) is 55.3 Å². The maximum atomic E-state index is 13.6. The number of carbonyl (C=O) groups is 2. The Morgan fingerprint density at radius 2 is 1.89 bits per heavy atom. The van der Waals surface area contributed by atoms with Gasteiger partial charge in [0.15, 0.2) is 4.80 Å². The Morgan fingerprint density at radius 1 is 1.14 bits per heavy atom. The highest BCUT2D eigenvalue weighted by molar-refractivity contribution is 7.07. The molecule has 0 aliphatic carbocycles. The van der Waals surface area contributed by atoms with Gasteiger partial charge in [-0.25, -0.2) is 9.79 Å². The van der Waals surface area contributed by atoms with Crippen molar-refractivity contribution in [2.24, 2.45) is 4.99 Å². The molecule has 4 rings (SSSR count). The van der Waals surface area contributed by atoms with Gasteiger partial charge in [0.05, 0.1) is 35.6 Å². The molecule has 1 aliphatic rings. The van der Waals surface area contributed by atoms with E-state index in [9.17, 15) is 14.4 Å². The summed E-state index contributed by atoms with van der Waals surface area (Å²) in [5, 5.41) is 0. The lowest BCUT2D eigenvalue weighted by Gasteiger charge is -2.24. The second-order valence-electron chi connectivity index (χ2n) is 7.74. The zero-order valence-electron chi connectivity index (χ0n) is 19.7.